The highest BCUT2D eigenvalue weighted by Gasteiger charge is 2.37. The van der Waals surface area contributed by atoms with Crippen LogP contribution in [0.4, 0.5) is 8.78 Å². The predicted octanol–water partition coefficient (Wildman–Crippen LogP) is 0.574. The summed E-state index contributed by atoms with van der Waals surface area (Å²) in [7, 11) is 0. The van der Waals surface area contributed by atoms with Crippen molar-refractivity contribution in [1.82, 2.24) is 0 Å². The average molecular weight is 227 g/mol. The molecule has 0 aliphatic heterocycles. The minimum absolute atomic E-state index is 0.422. The Morgan fingerprint density at radius 1 is 1.19 bits per heavy atom. The zero-order valence-electron chi connectivity index (χ0n) is 8.28. The van der Waals surface area contributed by atoms with Crippen LogP contribution in [0.3, 0.4) is 0 Å². The van der Waals surface area contributed by atoms with Gasteiger partial charge in [-0.2, -0.15) is 8.78 Å². The Morgan fingerprint density at radius 3 is 2.25 bits per heavy atom. The van der Waals surface area contributed by atoms with Gasteiger partial charge in [-0.05, 0) is 5.56 Å². The van der Waals surface area contributed by atoms with Gasteiger partial charge in [0.25, 0.3) is 0 Å². The summed E-state index contributed by atoms with van der Waals surface area (Å²) >= 11 is 0. The van der Waals surface area contributed by atoms with Crippen LogP contribution in [0.1, 0.15) is 12.0 Å². The summed E-state index contributed by atoms with van der Waals surface area (Å²) in [6, 6.07) is 7.95. The van der Waals surface area contributed by atoms with Crippen molar-refractivity contribution in [3.05, 3.63) is 35.9 Å². The van der Waals surface area contributed by atoms with E-state index in [1.807, 2.05) is 0 Å². The minimum Gasteiger partial charge on any atom is -0.550 e. The Hall–Kier alpha value is -1.78. The Balaban J connectivity index is 2.68. The number of carbonyl (C=O) groups is 2. The van der Waals surface area contributed by atoms with Crippen molar-refractivity contribution in [2.45, 2.75) is 18.8 Å². The van der Waals surface area contributed by atoms with Crippen molar-refractivity contribution in [3.63, 3.8) is 0 Å². The van der Waals surface area contributed by atoms with Crippen LogP contribution in [0.15, 0.2) is 30.3 Å². The summed E-state index contributed by atoms with van der Waals surface area (Å²) in [6.07, 6.45) is -2.06. The monoisotopic (exact) mass is 227 g/mol. The number of alkyl halides is 2. The van der Waals surface area contributed by atoms with Crippen LogP contribution in [0.2, 0.25) is 0 Å². The molecular weight excluding hydrogens is 218 g/mol. The molecule has 1 aromatic carbocycles. The zero-order chi connectivity index (χ0) is 12.2. The van der Waals surface area contributed by atoms with E-state index in [1.54, 1.807) is 18.2 Å². The quantitative estimate of drug-likeness (QED) is 0.739. The van der Waals surface area contributed by atoms with Crippen LogP contribution >= 0.6 is 0 Å². The van der Waals surface area contributed by atoms with Crippen LogP contribution < -0.4 is 5.11 Å². The molecule has 0 aliphatic carbocycles. The Kier molecular flexibility index (Phi) is 3.71. The number of ketones is 1. The fourth-order valence-corrected chi connectivity index (χ4v) is 1.19. The van der Waals surface area contributed by atoms with Gasteiger partial charge in [-0.1, -0.05) is 30.3 Å². The fourth-order valence-electron chi connectivity index (χ4n) is 1.19. The maximum absolute atomic E-state index is 13.0. The molecule has 0 atom stereocenters. The summed E-state index contributed by atoms with van der Waals surface area (Å²) in [5, 5.41) is 10.0. The number of hydrogen-bond acceptors (Lipinski definition) is 3. The van der Waals surface area contributed by atoms with Crippen LogP contribution in [0.5, 0.6) is 0 Å². The lowest BCUT2D eigenvalue weighted by Crippen LogP contribution is -2.37. The molecule has 0 unspecified atom stereocenters. The summed E-state index contributed by atoms with van der Waals surface area (Å²) in [4.78, 5) is 21.2. The highest BCUT2D eigenvalue weighted by molar-refractivity contribution is 5.90. The van der Waals surface area contributed by atoms with Crippen molar-refractivity contribution in [2.24, 2.45) is 0 Å². The molecule has 1 rings (SSSR count). The van der Waals surface area contributed by atoms with E-state index in [9.17, 15) is 23.5 Å². The average Bonchev–Trinajstić information content (AvgIpc) is 2.17. The molecule has 3 nitrogen and oxygen atoms in total. The molecule has 16 heavy (non-hydrogen) atoms. The number of carboxylic acids is 1. The zero-order valence-corrected chi connectivity index (χ0v) is 8.28. The molecule has 1 aromatic rings. The smallest absolute Gasteiger partial charge is 0.310 e. The third kappa shape index (κ3) is 3.42. The molecule has 0 radical (unpaired) electrons. The number of rotatable bonds is 5. The van der Waals surface area contributed by atoms with Gasteiger partial charge >= 0.3 is 5.92 Å². The van der Waals surface area contributed by atoms with Crippen LogP contribution in [-0.4, -0.2) is 17.7 Å². The van der Waals surface area contributed by atoms with Crippen LogP contribution in [0, 0.1) is 0 Å². The van der Waals surface area contributed by atoms with E-state index in [-0.39, 0.29) is 0 Å². The van der Waals surface area contributed by atoms with Crippen LogP contribution in [-0.2, 0) is 16.0 Å². The first-order valence-electron chi connectivity index (χ1n) is 4.57. The number of hydrogen-bond donors (Lipinski definition) is 0. The summed E-state index contributed by atoms with van der Waals surface area (Å²) in [5.41, 5.74) is 0.422. The third-order valence-corrected chi connectivity index (χ3v) is 1.98. The summed E-state index contributed by atoms with van der Waals surface area (Å²) in [6.45, 7) is 0. The molecule has 5 heteroatoms. The van der Waals surface area contributed by atoms with Gasteiger partial charge in [0.15, 0.2) is 0 Å². The second kappa shape index (κ2) is 4.83. The Bertz CT molecular complexity index is 387. The fraction of sp³-hybridized carbons (Fsp3) is 0.273. The Labute approximate surface area is 90.7 Å². The molecule has 0 saturated carbocycles. The number of carbonyl (C=O) groups excluding carboxylic acids is 2. The van der Waals surface area contributed by atoms with Crippen LogP contribution in [0.25, 0.3) is 0 Å². The largest absolute Gasteiger partial charge is 0.550 e. The molecule has 0 aromatic heterocycles. The van der Waals surface area contributed by atoms with Crippen molar-refractivity contribution in [3.8, 4) is 0 Å². The number of Topliss-reactive ketones (excluding diaryl/α,β-unsaturated/α-hetero) is 1. The van der Waals surface area contributed by atoms with Crippen molar-refractivity contribution >= 4 is 11.8 Å². The van der Waals surface area contributed by atoms with Gasteiger partial charge in [0.1, 0.15) is 0 Å². The maximum atomic E-state index is 13.0. The first-order chi connectivity index (χ1) is 7.42. The lowest BCUT2D eigenvalue weighted by molar-refractivity contribution is -0.309. The molecule has 0 fully saturated rings. The number of carboxylic acid groups (broad SMARTS) is 1. The number of aliphatic carboxylic acids is 1. The van der Waals surface area contributed by atoms with Gasteiger partial charge < -0.3 is 9.90 Å². The number of benzene rings is 1. The molecular formula is C11H9F2O3-. The molecule has 0 spiro atoms. The van der Waals surface area contributed by atoms with Gasteiger partial charge in [0, 0.05) is 12.4 Å². The summed E-state index contributed by atoms with van der Waals surface area (Å²) < 4.78 is 26.0. The van der Waals surface area contributed by atoms with E-state index in [4.69, 9.17) is 0 Å². The predicted molar refractivity (Wildman–Crippen MR) is 49.7 cm³/mol. The first kappa shape index (κ1) is 12.3. The second-order valence-corrected chi connectivity index (χ2v) is 3.34. The first-order valence-corrected chi connectivity index (χ1v) is 4.57. The molecule has 0 aliphatic rings. The molecule has 0 heterocycles. The molecule has 0 amide bonds. The molecule has 0 saturated heterocycles. The van der Waals surface area contributed by atoms with Gasteiger partial charge in [-0.25, -0.2) is 0 Å². The topological polar surface area (TPSA) is 57.2 Å². The van der Waals surface area contributed by atoms with Crippen molar-refractivity contribution < 1.29 is 23.5 Å². The maximum Gasteiger partial charge on any atom is 0.310 e. The Morgan fingerprint density at radius 2 is 1.75 bits per heavy atom. The van der Waals surface area contributed by atoms with E-state index in [0.29, 0.717) is 5.56 Å². The van der Waals surface area contributed by atoms with Gasteiger partial charge in [0.2, 0.25) is 5.78 Å². The van der Waals surface area contributed by atoms with Gasteiger partial charge in [-0.3, -0.25) is 4.79 Å². The lowest BCUT2D eigenvalue weighted by Gasteiger charge is -2.15. The van der Waals surface area contributed by atoms with Crippen molar-refractivity contribution in [2.75, 3.05) is 0 Å². The number of halogens is 2. The summed E-state index contributed by atoms with van der Waals surface area (Å²) in [5.74, 6) is -7.22. The van der Waals surface area contributed by atoms with Gasteiger partial charge in [0.05, 0.1) is 6.42 Å². The van der Waals surface area contributed by atoms with E-state index >= 15 is 0 Å². The normalized spacial score (nSPS) is 11.1. The molecule has 0 N–H and O–H groups in total. The van der Waals surface area contributed by atoms with Crippen molar-refractivity contribution in [1.29, 1.82) is 0 Å². The highest BCUT2D eigenvalue weighted by atomic mass is 19.3. The van der Waals surface area contributed by atoms with E-state index in [1.165, 1.54) is 12.1 Å². The van der Waals surface area contributed by atoms with E-state index in [2.05, 4.69) is 0 Å². The van der Waals surface area contributed by atoms with Gasteiger partial charge in [-0.15, -0.1) is 0 Å². The minimum atomic E-state index is -3.87. The third-order valence-electron chi connectivity index (χ3n) is 1.98. The molecule has 0 bridgehead atoms. The molecule has 86 valence electrons. The van der Waals surface area contributed by atoms with E-state index in [0.717, 1.165) is 0 Å². The lowest BCUT2D eigenvalue weighted by atomic mass is 10.0. The van der Waals surface area contributed by atoms with E-state index < -0.39 is 30.5 Å². The standard InChI is InChI=1S/C11H10F2O3/c12-11(13,7-10(15)16)9(14)6-8-4-2-1-3-5-8/h1-5H,6-7H2,(H,15,16)/p-1. The second-order valence-electron chi connectivity index (χ2n) is 3.34. The SMILES string of the molecule is O=C([O-])CC(F)(F)C(=O)Cc1ccccc1. The highest BCUT2D eigenvalue weighted by Crippen LogP contribution is 2.21.